The third kappa shape index (κ3) is 1.56. The smallest absolute Gasteiger partial charge is 0.180 e. The van der Waals surface area contributed by atoms with Gasteiger partial charge in [0.25, 0.3) is 0 Å². The van der Waals surface area contributed by atoms with E-state index in [1.807, 2.05) is 0 Å². The molecule has 50 valence electrons. The molecule has 0 radical (unpaired) electrons. The van der Waals surface area contributed by atoms with Gasteiger partial charge in [-0.1, -0.05) is 0 Å². The molecule has 1 rings (SSSR count). The summed E-state index contributed by atoms with van der Waals surface area (Å²) in [5, 5.41) is 3.69. The van der Waals surface area contributed by atoms with E-state index in [2.05, 4.69) is 10.1 Å². The number of nitrogens with zero attached hydrogens (tertiary/aromatic N) is 3. The summed E-state index contributed by atoms with van der Waals surface area (Å²) in [4.78, 5) is 3.64. The van der Waals surface area contributed by atoms with Gasteiger partial charge < -0.3 is 0 Å². The Balaban J connectivity index is 3.04. The lowest BCUT2D eigenvalue weighted by Gasteiger charge is -2.07. The Kier molecular flexibility index (Phi) is 1.63. The summed E-state index contributed by atoms with van der Waals surface area (Å²) < 4.78 is 1.31. The Hall–Kier alpha value is -0.290. The van der Waals surface area contributed by atoms with E-state index in [9.17, 15) is 0 Å². The van der Waals surface area contributed by atoms with E-state index < -0.39 is 6.49 Å². The molecule has 1 heterocycles. The normalized spacial score (nSPS) is 11.8. The van der Waals surface area contributed by atoms with E-state index in [0.29, 0.717) is 0 Å². The number of aromatic nitrogens is 3. The van der Waals surface area contributed by atoms with E-state index in [0.717, 1.165) is 0 Å². The van der Waals surface area contributed by atoms with Crippen LogP contribution in [0.2, 0.25) is 0 Å². The van der Waals surface area contributed by atoms with Gasteiger partial charge in [0.1, 0.15) is 12.7 Å². The topological polar surface area (TPSA) is 82.8 Å². The minimum absolute atomic E-state index is 1.31. The molecule has 4 N–H and O–H groups in total. The van der Waals surface area contributed by atoms with Crippen molar-refractivity contribution in [1.82, 2.24) is 14.5 Å². The van der Waals surface area contributed by atoms with Crippen LogP contribution in [-0.2, 0) is 11.8 Å². The molecule has 5 nitrogen and oxygen atoms in total. The molecule has 0 aliphatic carbocycles. The van der Waals surface area contributed by atoms with Crippen molar-refractivity contribution in [1.29, 1.82) is 0 Å². The van der Waals surface area contributed by atoms with Gasteiger partial charge in [-0.3, -0.25) is 11.0 Å². The van der Waals surface area contributed by atoms with Crippen molar-refractivity contribution < 1.29 is 0 Å². The first kappa shape index (κ1) is 6.82. The first-order valence-corrected chi connectivity index (χ1v) is 5.03. The molecule has 0 aromatic carbocycles. The van der Waals surface area contributed by atoms with Crippen LogP contribution >= 0.6 is 6.49 Å². The molecule has 0 amide bonds. The highest BCUT2D eigenvalue weighted by Gasteiger charge is 2.04. The van der Waals surface area contributed by atoms with Crippen LogP contribution in [0.3, 0.4) is 0 Å². The summed E-state index contributed by atoms with van der Waals surface area (Å²) in [5.41, 5.74) is 10.7. The second-order valence-electron chi connectivity index (χ2n) is 1.49. The Morgan fingerprint density at radius 2 is 2.22 bits per heavy atom. The lowest BCUT2D eigenvalue weighted by molar-refractivity contribution is 0.979. The van der Waals surface area contributed by atoms with E-state index in [4.69, 9.17) is 22.8 Å². The fraction of sp³-hybridized carbons (Fsp3) is 0. The SMILES string of the molecule is NP(N)(=S)n1cncn1. The molecule has 0 spiro atoms. The fourth-order valence-corrected chi connectivity index (χ4v) is 1.05. The molecular formula is C2H6N5PS. The van der Waals surface area contributed by atoms with Crippen LogP contribution in [0.5, 0.6) is 0 Å². The van der Waals surface area contributed by atoms with Gasteiger partial charge in [0.05, 0.1) is 0 Å². The lowest BCUT2D eigenvalue weighted by Crippen LogP contribution is -2.13. The van der Waals surface area contributed by atoms with Gasteiger partial charge in [0.2, 0.25) is 0 Å². The molecule has 0 fully saturated rings. The van der Waals surface area contributed by atoms with Crippen molar-refractivity contribution in [3.8, 4) is 0 Å². The van der Waals surface area contributed by atoms with Crippen LogP contribution in [0, 0.1) is 0 Å². The second kappa shape index (κ2) is 2.15. The van der Waals surface area contributed by atoms with Gasteiger partial charge in [-0.2, -0.15) is 9.55 Å². The lowest BCUT2D eigenvalue weighted by atomic mass is 11.3. The molecule has 0 saturated carbocycles. The molecule has 7 heteroatoms. The standard InChI is InChI=1S/C2H6N5PS/c3-8(4,9)7-2-5-1-6-7/h1-2H,(H4,3,4,9). The highest BCUT2D eigenvalue weighted by molar-refractivity contribution is 8.11. The van der Waals surface area contributed by atoms with Crippen molar-refractivity contribution in [3.05, 3.63) is 12.7 Å². The molecule has 1 aromatic heterocycles. The van der Waals surface area contributed by atoms with Crippen molar-refractivity contribution in [3.63, 3.8) is 0 Å². The zero-order chi connectivity index (χ0) is 6.91. The summed E-state index contributed by atoms with van der Waals surface area (Å²) in [5.74, 6) is 0. The average molecular weight is 163 g/mol. The van der Waals surface area contributed by atoms with Crippen LogP contribution < -0.4 is 11.0 Å². The number of rotatable bonds is 1. The van der Waals surface area contributed by atoms with Crippen molar-refractivity contribution in [2.75, 3.05) is 0 Å². The van der Waals surface area contributed by atoms with Crippen LogP contribution in [0.1, 0.15) is 0 Å². The minimum Gasteiger partial charge on any atom is -0.274 e. The molecule has 0 aliphatic rings. The van der Waals surface area contributed by atoms with Crippen LogP contribution in [0.15, 0.2) is 12.7 Å². The highest BCUT2D eigenvalue weighted by atomic mass is 32.4. The van der Waals surface area contributed by atoms with Gasteiger partial charge in [-0.25, -0.2) is 4.98 Å². The molecule has 1 aromatic rings. The van der Waals surface area contributed by atoms with Gasteiger partial charge in [0, 0.05) is 0 Å². The van der Waals surface area contributed by atoms with Crippen LogP contribution in [-0.4, -0.2) is 14.5 Å². The Labute approximate surface area is 57.2 Å². The maximum atomic E-state index is 5.37. The van der Waals surface area contributed by atoms with Gasteiger partial charge in [0.15, 0.2) is 6.49 Å². The zero-order valence-corrected chi connectivity index (χ0v) is 6.22. The first-order valence-electron chi connectivity index (χ1n) is 2.13. The third-order valence-electron chi connectivity index (χ3n) is 0.727. The first-order chi connectivity index (χ1) is 4.11. The monoisotopic (exact) mass is 163 g/mol. The van der Waals surface area contributed by atoms with E-state index in [1.54, 1.807) is 0 Å². The molecule has 0 bridgehead atoms. The van der Waals surface area contributed by atoms with Crippen molar-refractivity contribution in [2.45, 2.75) is 0 Å². The Bertz CT molecular complexity index is 223. The summed E-state index contributed by atoms with van der Waals surface area (Å²) in [6.07, 6.45) is 2.77. The second-order valence-corrected chi connectivity index (χ2v) is 5.00. The van der Waals surface area contributed by atoms with Gasteiger partial charge in [-0.05, 0) is 11.8 Å². The number of hydrogen-bond donors (Lipinski definition) is 2. The summed E-state index contributed by atoms with van der Waals surface area (Å²) >= 11 is 4.73. The van der Waals surface area contributed by atoms with Crippen LogP contribution in [0.25, 0.3) is 0 Å². The van der Waals surface area contributed by atoms with E-state index >= 15 is 0 Å². The predicted molar refractivity (Wildman–Crippen MR) is 38.1 cm³/mol. The Morgan fingerprint density at radius 3 is 2.44 bits per heavy atom. The van der Waals surface area contributed by atoms with E-state index in [-0.39, 0.29) is 0 Å². The van der Waals surface area contributed by atoms with E-state index in [1.165, 1.54) is 17.1 Å². The predicted octanol–water partition coefficient (Wildman–Crippen LogP) is -0.732. The molecule has 0 atom stereocenters. The maximum absolute atomic E-state index is 5.37. The third-order valence-corrected chi connectivity index (χ3v) is 2.08. The molecule has 0 unspecified atom stereocenters. The largest absolute Gasteiger partial charge is 0.274 e. The number of nitrogens with two attached hydrogens (primary N) is 2. The van der Waals surface area contributed by atoms with Gasteiger partial charge >= 0.3 is 0 Å². The number of hydrogen-bond acceptors (Lipinski definition) is 3. The minimum atomic E-state index is -2.39. The summed E-state index contributed by atoms with van der Waals surface area (Å²) in [6, 6.07) is 0. The molecule has 0 saturated heterocycles. The highest BCUT2D eigenvalue weighted by Crippen LogP contribution is 2.24. The summed E-state index contributed by atoms with van der Waals surface area (Å²) in [7, 11) is 0. The molecule has 0 aliphatic heterocycles. The van der Waals surface area contributed by atoms with Gasteiger partial charge in [-0.15, -0.1) is 0 Å². The van der Waals surface area contributed by atoms with Crippen LogP contribution in [0.4, 0.5) is 0 Å². The molecule has 9 heavy (non-hydrogen) atoms. The maximum Gasteiger partial charge on any atom is 0.180 e. The zero-order valence-electron chi connectivity index (χ0n) is 4.51. The summed E-state index contributed by atoms with van der Waals surface area (Å²) in [6.45, 7) is -2.39. The quantitative estimate of drug-likeness (QED) is 0.533. The fourth-order valence-electron chi connectivity index (χ4n) is 0.363. The van der Waals surface area contributed by atoms with Crippen molar-refractivity contribution >= 4 is 18.3 Å². The average Bonchev–Trinajstić information content (AvgIpc) is 2.08. The molecular weight excluding hydrogens is 157 g/mol. The Morgan fingerprint density at radius 1 is 1.56 bits per heavy atom. The van der Waals surface area contributed by atoms with Crippen molar-refractivity contribution in [2.24, 2.45) is 11.0 Å².